The number of aromatic nitrogens is 1. The second-order valence-corrected chi connectivity index (χ2v) is 5.97. The topological polar surface area (TPSA) is 42.0 Å². The number of rotatable bonds is 3. The first-order valence-electron chi connectivity index (χ1n) is 5.95. The lowest BCUT2D eigenvalue weighted by Gasteiger charge is -2.16. The molecule has 0 bridgehead atoms. The van der Waals surface area contributed by atoms with Crippen LogP contribution in [0.3, 0.4) is 0 Å². The summed E-state index contributed by atoms with van der Waals surface area (Å²) in [6.07, 6.45) is 1.36. The number of carbonyl (C=O) groups excluding carboxylic acids is 1. The molecule has 0 aliphatic heterocycles. The maximum Gasteiger partial charge on any atom is 0.253 e. The predicted molar refractivity (Wildman–Crippen MR) is 86.6 cm³/mol. The van der Waals surface area contributed by atoms with Crippen molar-refractivity contribution in [3.63, 3.8) is 0 Å². The lowest BCUT2D eigenvalue weighted by Crippen LogP contribution is -2.27. The summed E-state index contributed by atoms with van der Waals surface area (Å²) in [5.74, 6) is -0.320. The largest absolute Gasteiger partial charge is 0.345 e. The molecule has 1 aromatic heterocycles. The second kappa shape index (κ2) is 6.84. The molecule has 1 aromatic carbocycles. The van der Waals surface area contributed by atoms with Crippen LogP contribution in [0.4, 0.5) is 0 Å². The van der Waals surface area contributed by atoms with Gasteiger partial charge in [0.1, 0.15) is 5.15 Å². The fraction of sp³-hybridized carbons (Fsp3) is 0.143. The van der Waals surface area contributed by atoms with Gasteiger partial charge in [0.15, 0.2) is 0 Å². The van der Waals surface area contributed by atoms with Gasteiger partial charge in [0.2, 0.25) is 0 Å². The zero-order valence-corrected chi connectivity index (χ0v) is 13.9. The molecule has 0 saturated heterocycles. The van der Waals surface area contributed by atoms with Crippen molar-refractivity contribution < 1.29 is 4.79 Å². The number of halogens is 4. The monoisotopic (exact) mass is 362 g/mol. The number of amides is 1. The molecule has 0 aliphatic rings. The van der Waals surface area contributed by atoms with E-state index in [0.717, 1.165) is 5.56 Å². The van der Waals surface area contributed by atoms with Crippen LogP contribution in [0, 0.1) is 0 Å². The maximum atomic E-state index is 12.1. The van der Waals surface area contributed by atoms with E-state index in [4.69, 9.17) is 46.4 Å². The molecule has 1 atom stereocenters. The van der Waals surface area contributed by atoms with Crippen molar-refractivity contribution in [2.75, 3.05) is 0 Å². The number of nitrogens with zero attached hydrogens (tertiary/aromatic N) is 1. The third-order valence-electron chi connectivity index (χ3n) is 2.84. The number of carbonyl (C=O) groups is 1. The van der Waals surface area contributed by atoms with E-state index in [-0.39, 0.29) is 22.1 Å². The number of pyridine rings is 1. The molecule has 0 radical (unpaired) electrons. The van der Waals surface area contributed by atoms with E-state index in [9.17, 15) is 4.79 Å². The standard InChI is InChI=1S/C14H10Cl4N2O/c1-7(10-3-2-9(15)5-11(10)16)20-14(21)8-4-12(17)13(18)19-6-8/h2-7H,1H3,(H,20,21). The highest BCUT2D eigenvalue weighted by Gasteiger charge is 2.15. The normalized spacial score (nSPS) is 12.0. The SMILES string of the molecule is CC(NC(=O)c1cnc(Cl)c(Cl)c1)c1ccc(Cl)cc1Cl. The number of hydrogen-bond donors (Lipinski definition) is 1. The molecule has 0 aliphatic carbocycles. The van der Waals surface area contributed by atoms with Crippen LogP contribution in [0.15, 0.2) is 30.5 Å². The molecule has 1 heterocycles. The van der Waals surface area contributed by atoms with Gasteiger partial charge in [-0.05, 0) is 30.7 Å². The van der Waals surface area contributed by atoms with Crippen LogP contribution in [0.1, 0.15) is 28.9 Å². The van der Waals surface area contributed by atoms with E-state index < -0.39 is 0 Å². The van der Waals surface area contributed by atoms with E-state index in [1.807, 2.05) is 6.92 Å². The van der Waals surface area contributed by atoms with Crippen molar-refractivity contribution in [1.29, 1.82) is 0 Å². The molecular formula is C14H10Cl4N2O. The van der Waals surface area contributed by atoms with Crippen LogP contribution in [0.2, 0.25) is 20.2 Å². The van der Waals surface area contributed by atoms with E-state index >= 15 is 0 Å². The molecule has 3 nitrogen and oxygen atoms in total. The van der Waals surface area contributed by atoms with Crippen molar-refractivity contribution in [3.8, 4) is 0 Å². The van der Waals surface area contributed by atoms with Gasteiger partial charge in [0, 0.05) is 16.2 Å². The van der Waals surface area contributed by atoms with Gasteiger partial charge < -0.3 is 5.32 Å². The van der Waals surface area contributed by atoms with Gasteiger partial charge in [-0.15, -0.1) is 0 Å². The van der Waals surface area contributed by atoms with Crippen LogP contribution < -0.4 is 5.32 Å². The Balaban J connectivity index is 2.16. The smallest absolute Gasteiger partial charge is 0.253 e. The van der Waals surface area contributed by atoms with Crippen LogP contribution in [-0.4, -0.2) is 10.9 Å². The molecule has 110 valence electrons. The lowest BCUT2D eigenvalue weighted by atomic mass is 10.1. The van der Waals surface area contributed by atoms with Crippen LogP contribution in [-0.2, 0) is 0 Å². The third-order valence-corrected chi connectivity index (χ3v) is 4.08. The summed E-state index contributed by atoms with van der Waals surface area (Å²) in [6.45, 7) is 1.82. The van der Waals surface area contributed by atoms with Gasteiger partial charge in [0.05, 0.1) is 16.6 Å². The number of nitrogens with one attached hydrogen (secondary N) is 1. The molecule has 0 fully saturated rings. The van der Waals surface area contributed by atoms with Crippen molar-refractivity contribution in [3.05, 3.63) is 61.8 Å². The minimum absolute atomic E-state index is 0.155. The Bertz CT molecular complexity index is 691. The average Bonchev–Trinajstić information content (AvgIpc) is 2.41. The molecule has 1 amide bonds. The molecule has 0 saturated carbocycles. The van der Waals surface area contributed by atoms with E-state index in [2.05, 4.69) is 10.3 Å². The second-order valence-electron chi connectivity index (χ2n) is 4.36. The highest BCUT2D eigenvalue weighted by Crippen LogP contribution is 2.26. The number of benzene rings is 1. The Labute approximate surface area is 142 Å². The Morgan fingerprint density at radius 3 is 2.48 bits per heavy atom. The molecule has 1 unspecified atom stereocenters. The van der Waals surface area contributed by atoms with Crippen molar-refractivity contribution >= 4 is 52.3 Å². The maximum absolute atomic E-state index is 12.1. The summed E-state index contributed by atoms with van der Waals surface area (Å²) in [5, 5.41) is 4.22. The average molecular weight is 364 g/mol. The van der Waals surface area contributed by atoms with Crippen LogP contribution in [0.25, 0.3) is 0 Å². The molecule has 21 heavy (non-hydrogen) atoms. The highest BCUT2D eigenvalue weighted by molar-refractivity contribution is 6.41. The molecule has 2 rings (SSSR count). The minimum atomic E-state index is -0.320. The lowest BCUT2D eigenvalue weighted by molar-refractivity contribution is 0.0939. The van der Waals surface area contributed by atoms with E-state index in [1.165, 1.54) is 12.3 Å². The summed E-state index contributed by atoms with van der Waals surface area (Å²) >= 11 is 23.5. The van der Waals surface area contributed by atoms with Crippen LogP contribution in [0.5, 0.6) is 0 Å². The van der Waals surface area contributed by atoms with Gasteiger partial charge >= 0.3 is 0 Å². The zero-order valence-electron chi connectivity index (χ0n) is 10.8. The first kappa shape index (κ1) is 16.4. The fourth-order valence-electron chi connectivity index (χ4n) is 1.76. The predicted octanol–water partition coefficient (Wildman–Crippen LogP) is 5.19. The zero-order chi connectivity index (χ0) is 15.6. The van der Waals surface area contributed by atoms with Gasteiger partial charge in [-0.1, -0.05) is 52.5 Å². The highest BCUT2D eigenvalue weighted by atomic mass is 35.5. The number of hydrogen-bond acceptors (Lipinski definition) is 2. The molecule has 7 heteroatoms. The van der Waals surface area contributed by atoms with E-state index in [0.29, 0.717) is 15.6 Å². The quantitative estimate of drug-likeness (QED) is 0.762. The van der Waals surface area contributed by atoms with Crippen molar-refractivity contribution in [2.45, 2.75) is 13.0 Å². The van der Waals surface area contributed by atoms with Crippen molar-refractivity contribution in [1.82, 2.24) is 10.3 Å². The Morgan fingerprint density at radius 1 is 1.14 bits per heavy atom. The van der Waals surface area contributed by atoms with Crippen molar-refractivity contribution in [2.24, 2.45) is 0 Å². The molecule has 2 aromatic rings. The Kier molecular flexibility index (Phi) is 5.33. The summed E-state index contributed by atoms with van der Waals surface area (Å²) < 4.78 is 0. The first-order chi connectivity index (χ1) is 9.88. The van der Waals surface area contributed by atoms with Gasteiger partial charge in [-0.2, -0.15) is 0 Å². The summed E-state index contributed by atoms with van der Waals surface area (Å²) in [4.78, 5) is 16.0. The van der Waals surface area contributed by atoms with Crippen LogP contribution >= 0.6 is 46.4 Å². The summed E-state index contributed by atoms with van der Waals surface area (Å²) in [7, 11) is 0. The fourth-order valence-corrected chi connectivity index (χ4v) is 2.60. The molecule has 1 N–H and O–H groups in total. The van der Waals surface area contributed by atoms with Gasteiger partial charge in [0.25, 0.3) is 5.91 Å². The molecular weight excluding hydrogens is 354 g/mol. The summed E-state index contributed by atoms with van der Waals surface area (Å²) in [5.41, 5.74) is 1.09. The first-order valence-corrected chi connectivity index (χ1v) is 7.46. The summed E-state index contributed by atoms with van der Waals surface area (Å²) in [6, 6.07) is 6.27. The third kappa shape index (κ3) is 4.01. The van der Waals surface area contributed by atoms with Gasteiger partial charge in [-0.25, -0.2) is 4.98 Å². The molecule has 0 spiro atoms. The Hall–Kier alpha value is -1.000. The van der Waals surface area contributed by atoms with E-state index in [1.54, 1.807) is 18.2 Å². The minimum Gasteiger partial charge on any atom is -0.345 e. The van der Waals surface area contributed by atoms with Gasteiger partial charge in [-0.3, -0.25) is 4.79 Å². The Morgan fingerprint density at radius 2 is 1.86 bits per heavy atom.